The predicted molar refractivity (Wildman–Crippen MR) is 141 cm³/mol. The van der Waals surface area contributed by atoms with E-state index in [9.17, 15) is 4.79 Å². The molecule has 0 amide bonds. The topological polar surface area (TPSA) is 69.0 Å². The van der Waals surface area contributed by atoms with E-state index in [-0.39, 0.29) is 5.78 Å². The van der Waals surface area contributed by atoms with E-state index in [2.05, 4.69) is 33.2 Å². The second kappa shape index (κ2) is 11.0. The highest BCUT2D eigenvalue weighted by molar-refractivity contribution is 9.10. The Balaban J connectivity index is 1.76. The lowest BCUT2D eigenvalue weighted by Crippen LogP contribution is -2.28. The van der Waals surface area contributed by atoms with Crippen LogP contribution in [0.15, 0.2) is 63.4 Å². The molecule has 1 aliphatic rings. The second-order valence-corrected chi connectivity index (χ2v) is 10.4. The third kappa shape index (κ3) is 5.34. The van der Waals surface area contributed by atoms with Gasteiger partial charge in [0.1, 0.15) is 18.4 Å². The summed E-state index contributed by atoms with van der Waals surface area (Å²) >= 11 is 11.5. The van der Waals surface area contributed by atoms with Gasteiger partial charge in [-0.15, -0.1) is 5.10 Å². The molecule has 9 heteroatoms. The summed E-state index contributed by atoms with van der Waals surface area (Å²) in [6.07, 6.45) is 2.20. The third-order valence-electron chi connectivity index (χ3n) is 5.55. The van der Waals surface area contributed by atoms with Gasteiger partial charge in [-0.1, -0.05) is 70.8 Å². The second-order valence-electron chi connectivity index (χ2n) is 8.05. The van der Waals surface area contributed by atoms with Crippen LogP contribution in [0.1, 0.15) is 50.8 Å². The van der Waals surface area contributed by atoms with E-state index in [0.717, 1.165) is 39.9 Å². The lowest BCUT2D eigenvalue weighted by molar-refractivity contribution is -0.114. The Labute approximate surface area is 217 Å². The molecule has 4 rings (SSSR count). The van der Waals surface area contributed by atoms with Crippen molar-refractivity contribution in [3.63, 3.8) is 0 Å². The first-order valence-electron chi connectivity index (χ1n) is 11.1. The first-order valence-corrected chi connectivity index (χ1v) is 13.3. The summed E-state index contributed by atoms with van der Waals surface area (Å²) in [6, 6.07) is 12.9. The van der Waals surface area contributed by atoms with Crippen molar-refractivity contribution in [1.82, 2.24) is 14.8 Å². The number of carbonyl (C=O) groups is 1. The van der Waals surface area contributed by atoms with Gasteiger partial charge < -0.3 is 10.1 Å². The number of aromatic nitrogens is 3. The maximum Gasteiger partial charge on any atom is 0.227 e. The number of halogens is 2. The van der Waals surface area contributed by atoms with Gasteiger partial charge in [0.15, 0.2) is 5.78 Å². The summed E-state index contributed by atoms with van der Waals surface area (Å²) in [5.41, 5.74) is 3.10. The van der Waals surface area contributed by atoms with Gasteiger partial charge in [-0.3, -0.25) is 4.79 Å². The Morgan fingerprint density at radius 1 is 1.29 bits per heavy atom. The van der Waals surface area contributed by atoms with Crippen LogP contribution >= 0.6 is 39.3 Å². The molecular weight excluding hydrogens is 536 g/mol. The lowest BCUT2D eigenvalue weighted by atomic mass is 9.92. The molecule has 0 saturated heterocycles. The number of Topliss-reactive ketones (excluding diaryl/α,β-unsaturated/α-hetero) is 1. The molecule has 1 aromatic heterocycles. The van der Waals surface area contributed by atoms with Crippen molar-refractivity contribution < 1.29 is 9.53 Å². The average molecular weight is 562 g/mol. The van der Waals surface area contributed by atoms with Crippen LogP contribution in [-0.4, -0.2) is 26.3 Å². The van der Waals surface area contributed by atoms with Gasteiger partial charge >= 0.3 is 0 Å². The molecule has 178 valence electrons. The van der Waals surface area contributed by atoms with Crippen LogP contribution in [0.25, 0.3) is 0 Å². The highest BCUT2D eigenvalue weighted by Crippen LogP contribution is 2.41. The first kappa shape index (κ1) is 24.8. The number of unbranched alkanes of at least 4 members (excludes halogenated alkanes) is 1. The molecule has 34 heavy (non-hydrogen) atoms. The number of hydrogen-bond acceptors (Lipinski definition) is 6. The zero-order valence-electron chi connectivity index (χ0n) is 19.3. The normalized spacial score (nSPS) is 15.1. The van der Waals surface area contributed by atoms with Crippen LogP contribution in [0.4, 0.5) is 5.95 Å². The van der Waals surface area contributed by atoms with Crippen LogP contribution in [0, 0.1) is 0 Å². The van der Waals surface area contributed by atoms with Crippen LogP contribution in [0.2, 0.25) is 5.02 Å². The minimum Gasteiger partial charge on any atom is -0.488 e. The van der Waals surface area contributed by atoms with E-state index in [0.29, 0.717) is 34.1 Å². The van der Waals surface area contributed by atoms with Crippen molar-refractivity contribution in [3.05, 3.63) is 74.4 Å². The standard InChI is InChI=1S/C25H26BrClN4O2S/c1-4-5-12-34-25-29-24-28-15(2)22(16(3)32)23(31(24)30-25)19-13-18(26)10-11-21(19)33-14-17-8-6-7-9-20(17)27/h6-11,13,23H,4-5,12,14H2,1-3H3,(H,28,29,30). The average Bonchev–Trinajstić information content (AvgIpc) is 3.20. The number of fused-ring (bicyclic) bond motifs is 1. The minimum atomic E-state index is -0.472. The lowest BCUT2D eigenvalue weighted by Gasteiger charge is -2.29. The summed E-state index contributed by atoms with van der Waals surface area (Å²) in [6.45, 7) is 5.94. The Kier molecular flexibility index (Phi) is 8.01. The summed E-state index contributed by atoms with van der Waals surface area (Å²) < 4.78 is 8.92. The van der Waals surface area contributed by atoms with Gasteiger partial charge in [0.25, 0.3) is 0 Å². The molecule has 0 bridgehead atoms. The Morgan fingerprint density at radius 3 is 2.82 bits per heavy atom. The molecule has 2 heterocycles. The van der Waals surface area contributed by atoms with Crippen LogP contribution in [-0.2, 0) is 11.4 Å². The fourth-order valence-electron chi connectivity index (χ4n) is 3.88. The van der Waals surface area contributed by atoms with Gasteiger partial charge in [0, 0.05) is 37.6 Å². The number of hydrogen-bond donors (Lipinski definition) is 1. The molecule has 1 aliphatic heterocycles. The highest BCUT2D eigenvalue weighted by Gasteiger charge is 2.34. The molecule has 0 aliphatic carbocycles. The Hall–Kier alpha value is -2.29. The van der Waals surface area contributed by atoms with Gasteiger partial charge in [-0.05, 0) is 44.5 Å². The third-order valence-corrected chi connectivity index (χ3v) is 7.33. The largest absolute Gasteiger partial charge is 0.488 e. The molecule has 0 saturated carbocycles. The molecule has 6 nitrogen and oxygen atoms in total. The molecule has 1 unspecified atom stereocenters. The van der Waals surface area contributed by atoms with E-state index < -0.39 is 6.04 Å². The van der Waals surface area contributed by atoms with Crippen molar-refractivity contribution in [2.45, 2.75) is 51.4 Å². The smallest absolute Gasteiger partial charge is 0.227 e. The van der Waals surface area contributed by atoms with Gasteiger partial charge in [-0.2, -0.15) is 4.98 Å². The number of thioether (sulfide) groups is 1. The highest BCUT2D eigenvalue weighted by atomic mass is 79.9. The number of nitrogens with one attached hydrogen (secondary N) is 1. The van der Waals surface area contributed by atoms with Crippen LogP contribution in [0.3, 0.4) is 0 Å². The molecule has 2 aromatic carbocycles. The Bertz CT molecular complexity index is 1240. The molecule has 1 N–H and O–H groups in total. The van der Waals surface area contributed by atoms with Gasteiger partial charge in [0.2, 0.25) is 11.1 Å². The molecule has 0 radical (unpaired) electrons. The van der Waals surface area contributed by atoms with E-state index in [1.54, 1.807) is 23.4 Å². The SMILES string of the molecule is CCCCSc1nc2n(n1)C(c1cc(Br)ccc1OCc1ccccc1Cl)C(C(C)=O)=C(C)N2. The molecule has 1 atom stereocenters. The summed E-state index contributed by atoms with van der Waals surface area (Å²) in [5, 5.41) is 9.38. The monoisotopic (exact) mass is 560 g/mol. The maximum atomic E-state index is 12.8. The zero-order chi connectivity index (χ0) is 24.2. The first-order chi connectivity index (χ1) is 16.4. The van der Waals surface area contributed by atoms with Crippen LogP contribution < -0.4 is 10.1 Å². The predicted octanol–water partition coefficient (Wildman–Crippen LogP) is 7.04. The number of ketones is 1. The number of carbonyl (C=O) groups excluding carboxylic acids is 1. The molecular formula is C25H26BrClN4O2S. The van der Waals surface area contributed by atoms with E-state index in [1.807, 2.05) is 49.4 Å². The zero-order valence-corrected chi connectivity index (χ0v) is 22.4. The quantitative estimate of drug-likeness (QED) is 0.223. The minimum absolute atomic E-state index is 0.0339. The number of rotatable bonds is 9. The molecule has 0 fully saturated rings. The van der Waals surface area contributed by atoms with Crippen molar-refractivity contribution >= 4 is 51.0 Å². The molecule has 0 spiro atoms. The summed E-state index contributed by atoms with van der Waals surface area (Å²) in [4.78, 5) is 17.5. The number of anilines is 1. The molecule has 3 aromatic rings. The number of allylic oxidation sites excluding steroid dienone is 2. The summed E-state index contributed by atoms with van der Waals surface area (Å²) in [7, 11) is 0. The van der Waals surface area contributed by atoms with Crippen molar-refractivity contribution in [1.29, 1.82) is 0 Å². The fourth-order valence-corrected chi connectivity index (χ4v) is 5.36. The summed E-state index contributed by atoms with van der Waals surface area (Å²) in [5.74, 6) is 2.18. The van der Waals surface area contributed by atoms with Gasteiger partial charge in [-0.25, -0.2) is 4.68 Å². The number of benzene rings is 2. The van der Waals surface area contributed by atoms with E-state index >= 15 is 0 Å². The Morgan fingerprint density at radius 2 is 2.09 bits per heavy atom. The van der Waals surface area contributed by atoms with Crippen molar-refractivity contribution in [2.24, 2.45) is 0 Å². The fraction of sp³-hybridized carbons (Fsp3) is 0.320. The van der Waals surface area contributed by atoms with Crippen molar-refractivity contribution in [3.8, 4) is 5.75 Å². The van der Waals surface area contributed by atoms with E-state index in [4.69, 9.17) is 21.4 Å². The van der Waals surface area contributed by atoms with Crippen molar-refractivity contribution in [2.75, 3.05) is 11.1 Å². The van der Waals surface area contributed by atoms with Crippen LogP contribution in [0.5, 0.6) is 5.75 Å². The number of ether oxygens (including phenoxy) is 1. The number of nitrogens with zero attached hydrogens (tertiary/aromatic N) is 3. The maximum absolute atomic E-state index is 12.8. The van der Waals surface area contributed by atoms with E-state index in [1.165, 1.54) is 0 Å². The van der Waals surface area contributed by atoms with Gasteiger partial charge in [0.05, 0.1) is 0 Å².